The van der Waals surface area contributed by atoms with Gasteiger partial charge < -0.3 is 5.32 Å². The molecular formula is C12H13ClF3N3O. The van der Waals surface area contributed by atoms with Gasteiger partial charge in [-0.05, 0) is 12.8 Å². The predicted octanol–water partition coefficient (Wildman–Crippen LogP) is 3.44. The summed E-state index contributed by atoms with van der Waals surface area (Å²) in [6.07, 6.45) is -1.88. The molecule has 0 bridgehead atoms. The fraction of sp³-hybridized carbons (Fsp3) is 0.583. The standard InChI is InChI=1S/C12H13ClF3N3O/c13-9-5-10(18-6-17-9)19-11(20)7-3-1-2-4-8(7)12(14,15)16/h5-8H,1-4H2,(H,17,18,19,20). The van der Waals surface area contributed by atoms with Crippen LogP contribution in [0.2, 0.25) is 5.15 Å². The molecule has 0 saturated heterocycles. The van der Waals surface area contributed by atoms with Crippen molar-refractivity contribution >= 4 is 23.3 Å². The summed E-state index contributed by atoms with van der Waals surface area (Å²) in [5.74, 6) is -3.21. The molecule has 0 aliphatic heterocycles. The van der Waals surface area contributed by atoms with Gasteiger partial charge in [0.15, 0.2) is 0 Å². The second-order valence-electron chi connectivity index (χ2n) is 4.75. The molecule has 20 heavy (non-hydrogen) atoms. The van der Waals surface area contributed by atoms with E-state index in [1.54, 1.807) is 0 Å². The Hall–Kier alpha value is -1.37. The fourth-order valence-corrected chi connectivity index (χ4v) is 2.60. The normalized spacial score (nSPS) is 23.4. The Kier molecular flexibility index (Phi) is 4.47. The fourth-order valence-electron chi connectivity index (χ4n) is 2.46. The van der Waals surface area contributed by atoms with Crippen LogP contribution in [0.25, 0.3) is 0 Å². The third-order valence-corrected chi connectivity index (χ3v) is 3.61. The van der Waals surface area contributed by atoms with Crippen molar-refractivity contribution in [2.24, 2.45) is 11.8 Å². The van der Waals surface area contributed by atoms with Crippen LogP contribution in [0.15, 0.2) is 12.4 Å². The second-order valence-corrected chi connectivity index (χ2v) is 5.14. The molecule has 1 heterocycles. The molecule has 2 unspecified atom stereocenters. The molecule has 0 aromatic carbocycles. The number of carbonyl (C=O) groups is 1. The van der Waals surface area contributed by atoms with Crippen LogP contribution >= 0.6 is 11.6 Å². The molecule has 1 aliphatic carbocycles. The van der Waals surface area contributed by atoms with Crippen molar-refractivity contribution in [2.45, 2.75) is 31.9 Å². The average molecular weight is 308 g/mol. The molecule has 1 aromatic heterocycles. The van der Waals surface area contributed by atoms with E-state index in [4.69, 9.17) is 11.6 Å². The maximum absolute atomic E-state index is 12.9. The number of nitrogens with zero attached hydrogens (tertiary/aromatic N) is 2. The van der Waals surface area contributed by atoms with E-state index in [1.807, 2.05) is 0 Å². The molecule has 110 valence electrons. The molecule has 0 radical (unpaired) electrons. The largest absolute Gasteiger partial charge is 0.392 e. The Morgan fingerprint density at radius 3 is 2.65 bits per heavy atom. The summed E-state index contributed by atoms with van der Waals surface area (Å²) in [5, 5.41) is 2.50. The molecule has 1 fully saturated rings. The van der Waals surface area contributed by atoms with Crippen LogP contribution in [0.4, 0.5) is 19.0 Å². The summed E-state index contributed by atoms with van der Waals surface area (Å²) in [6, 6.07) is 1.30. The summed E-state index contributed by atoms with van der Waals surface area (Å²) in [6.45, 7) is 0. The summed E-state index contributed by atoms with van der Waals surface area (Å²) in [5.41, 5.74) is 0. The Bertz CT molecular complexity index is 495. The molecular weight excluding hydrogens is 295 g/mol. The zero-order valence-corrected chi connectivity index (χ0v) is 11.2. The minimum Gasteiger partial charge on any atom is -0.310 e. The first-order valence-corrected chi connectivity index (χ1v) is 6.61. The quantitative estimate of drug-likeness (QED) is 0.852. The number of hydrogen-bond acceptors (Lipinski definition) is 3. The van der Waals surface area contributed by atoms with Gasteiger partial charge in [-0.3, -0.25) is 4.79 Å². The van der Waals surface area contributed by atoms with Gasteiger partial charge in [0.1, 0.15) is 17.3 Å². The first-order chi connectivity index (χ1) is 9.38. The predicted molar refractivity (Wildman–Crippen MR) is 67.2 cm³/mol. The number of rotatable bonds is 2. The third-order valence-electron chi connectivity index (χ3n) is 3.41. The number of carbonyl (C=O) groups excluding carboxylic acids is 1. The van der Waals surface area contributed by atoms with Crippen LogP contribution < -0.4 is 5.32 Å². The van der Waals surface area contributed by atoms with E-state index >= 15 is 0 Å². The molecule has 1 N–H and O–H groups in total. The smallest absolute Gasteiger partial charge is 0.310 e. The molecule has 4 nitrogen and oxygen atoms in total. The van der Waals surface area contributed by atoms with Gasteiger partial charge in [0, 0.05) is 12.0 Å². The average Bonchev–Trinajstić information content (AvgIpc) is 2.37. The summed E-state index contributed by atoms with van der Waals surface area (Å²) >= 11 is 5.63. The summed E-state index contributed by atoms with van der Waals surface area (Å²) in [4.78, 5) is 19.4. The lowest BCUT2D eigenvalue weighted by Gasteiger charge is -2.31. The Labute approximate surface area is 118 Å². The van der Waals surface area contributed by atoms with Crippen molar-refractivity contribution in [1.29, 1.82) is 0 Å². The van der Waals surface area contributed by atoms with Gasteiger partial charge in [-0.1, -0.05) is 24.4 Å². The molecule has 0 spiro atoms. The van der Waals surface area contributed by atoms with Gasteiger partial charge in [-0.15, -0.1) is 0 Å². The third kappa shape index (κ3) is 3.59. The van der Waals surface area contributed by atoms with Gasteiger partial charge >= 0.3 is 6.18 Å². The van der Waals surface area contributed by atoms with Crippen molar-refractivity contribution in [3.63, 3.8) is 0 Å². The highest BCUT2D eigenvalue weighted by molar-refractivity contribution is 6.29. The molecule has 1 amide bonds. The van der Waals surface area contributed by atoms with E-state index in [1.165, 1.54) is 6.07 Å². The van der Waals surface area contributed by atoms with E-state index in [2.05, 4.69) is 15.3 Å². The number of anilines is 1. The lowest BCUT2D eigenvalue weighted by Crippen LogP contribution is -2.39. The molecule has 1 saturated carbocycles. The van der Waals surface area contributed by atoms with Crippen molar-refractivity contribution in [1.82, 2.24) is 9.97 Å². The van der Waals surface area contributed by atoms with Crippen LogP contribution in [0.3, 0.4) is 0 Å². The second kappa shape index (κ2) is 5.95. The maximum atomic E-state index is 12.9. The van der Waals surface area contributed by atoms with E-state index in [0.717, 1.165) is 6.33 Å². The summed E-state index contributed by atoms with van der Waals surface area (Å²) < 4.78 is 38.8. The Morgan fingerprint density at radius 2 is 2.00 bits per heavy atom. The first-order valence-electron chi connectivity index (χ1n) is 6.23. The highest BCUT2D eigenvalue weighted by atomic mass is 35.5. The SMILES string of the molecule is O=C(Nc1cc(Cl)ncn1)C1CCCCC1C(F)(F)F. The minimum atomic E-state index is -4.36. The number of aromatic nitrogens is 2. The molecule has 2 atom stereocenters. The van der Waals surface area contributed by atoms with Crippen LogP contribution in [-0.2, 0) is 4.79 Å². The van der Waals surface area contributed by atoms with Gasteiger partial charge in [0.25, 0.3) is 0 Å². The van der Waals surface area contributed by atoms with Crippen LogP contribution in [0.5, 0.6) is 0 Å². The Morgan fingerprint density at radius 1 is 1.30 bits per heavy atom. The molecule has 8 heteroatoms. The number of amides is 1. The number of nitrogens with one attached hydrogen (secondary N) is 1. The van der Waals surface area contributed by atoms with E-state index < -0.39 is 23.9 Å². The number of alkyl halides is 3. The van der Waals surface area contributed by atoms with Gasteiger partial charge in [0.05, 0.1) is 5.92 Å². The zero-order chi connectivity index (χ0) is 14.8. The maximum Gasteiger partial charge on any atom is 0.392 e. The van der Waals surface area contributed by atoms with E-state index in [0.29, 0.717) is 12.8 Å². The van der Waals surface area contributed by atoms with Crippen molar-refractivity contribution in [3.8, 4) is 0 Å². The van der Waals surface area contributed by atoms with Gasteiger partial charge in [-0.25, -0.2) is 9.97 Å². The van der Waals surface area contributed by atoms with Crippen LogP contribution in [-0.4, -0.2) is 22.1 Å². The molecule has 1 aromatic rings. The Balaban J connectivity index is 2.10. The highest BCUT2D eigenvalue weighted by Gasteiger charge is 2.48. The lowest BCUT2D eigenvalue weighted by molar-refractivity contribution is -0.197. The van der Waals surface area contributed by atoms with Crippen LogP contribution in [0.1, 0.15) is 25.7 Å². The van der Waals surface area contributed by atoms with E-state index in [-0.39, 0.29) is 23.8 Å². The summed E-state index contributed by atoms with van der Waals surface area (Å²) in [7, 11) is 0. The van der Waals surface area contributed by atoms with Crippen molar-refractivity contribution < 1.29 is 18.0 Å². The van der Waals surface area contributed by atoms with Crippen LogP contribution in [0, 0.1) is 11.8 Å². The topological polar surface area (TPSA) is 54.9 Å². The van der Waals surface area contributed by atoms with Crippen molar-refractivity contribution in [3.05, 3.63) is 17.5 Å². The van der Waals surface area contributed by atoms with Gasteiger partial charge in [-0.2, -0.15) is 13.2 Å². The molecule has 2 rings (SSSR count). The number of halogens is 4. The number of hydrogen-bond donors (Lipinski definition) is 1. The van der Waals surface area contributed by atoms with Gasteiger partial charge in [0.2, 0.25) is 5.91 Å². The van der Waals surface area contributed by atoms with Crippen molar-refractivity contribution in [2.75, 3.05) is 5.32 Å². The zero-order valence-electron chi connectivity index (χ0n) is 10.5. The monoisotopic (exact) mass is 307 g/mol. The molecule has 1 aliphatic rings. The lowest BCUT2D eigenvalue weighted by atomic mass is 9.78. The minimum absolute atomic E-state index is 0.00782. The first kappa shape index (κ1) is 15.0. The highest BCUT2D eigenvalue weighted by Crippen LogP contribution is 2.41. The van der Waals surface area contributed by atoms with E-state index in [9.17, 15) is 18.0 Å².